The summed E-state index contributed by atoms with van der Waals surface area (Å²) in [7, 11) is 1.76. The van der Waals surface area contributed by atoms with Crippen molar-refractivity contribution in [2.24, 2.45) is 0 Å². The SMILES string of the molecule is CNc1ncc(-c2ccccc2)c(N)n1. The summed E-state index contributed by atoms with van der Waals surface area (Å²) in [5.74, 6) is 1.02. The van der Waals surface area contributed by atoms with E-state index in [2.05, 4.69) is 15.3 Å². The minimum atomic E-state index is 0.487. The number of nitrogens with zero attached hydrogens (tertiary/aromatic N) is 2. The lowest BCUT2D eigenvalue weighted by atomic mass is 10.1. The maximum Gasteiger partial charge on any atom is 0.224 e. The minimum absolute atomic E-state index is 0.487. The molecule has 3 N–H and O–H groups in total. The van der Waals surface area contributed by atoms with Crippen molar-refractivity contribution >= 4 is 11.8 Å². The van der Waals surface area contributed by atoms with Crippen LogP contribution in [0.5, 0.6) is 0 Å². The first-order valence-corrected chi connectivity index (χ1v) is 4.67. The van der Waals surface area contributed by atoms with Gasteiger partial charge in [0.15, 0.2) is 0 Å². The largest absolute Gasteiger partial charge is 0.383 e. The molecule has 0 saturated carbocycles. The lowest BCUT2D eigenvalue weighted by Gasteiger charge is -2.05. The first-order valence-electron chi connectivity index (χ1n) is 4.67. The molecule has 0 unspecified atom stereocenters. The van der Waals surface area contributed by atoms with Crippen molar-refractivity contribution < 1.29 is 0 Å². The van der Waals surface area contributed by atoms with Gasteiger partial charge in [-0.1, -0.05) is 30.3 Å². The monoisotopic (exact) mass is 200 g/mol. The van der Waals surface area contributed by atoms with Gasteiger partial charge >= 0.3 is 0 Å². The molecule has 0 aliphatic heterocycles. The average Bonchev–Trinajstić information content (AvgIpc) is 2.30. The van der Waals surface area contributed by atoms with Gasteiger partial charge in [-0.2, -0.15) is 4.98 Å². The van der Waals surface area contributed by atoms with Crippen LogP contribution >= 0.6 is 0 Å². The second-order valence-electron chi connectivity index (χ2n) is 3.11. The molecular formula is C11H12N4. The molecule has 76 valence electrons. The van der Waals surface area contributed by atoms with Crippen LogP contribution in [0, 0.1) is 0 Å². The van der Waals surface area contributed by atoms with Gasteiger partial charge in [-0.3, -0.25) is 0 Å². The van der Waals surface area contributed by atoms with Crippen LogP contribution < -0.4 is 11.1 Å². The molecule has 4 nitrogen and oxygen atoms in total. The second-order valence-corrected chi connectivity index (χ2v) is 3.11. The Labute approximate surface area is 88.2 Å². The highest BCUT2D eigenvalue weighted by atomic mass is 15.1. The summed E-state index contributed by atoms with van der Waals surface area (Å²) < 4.78 is 0. The Morgan fingerprint density at radius 1 is 1.20 bits per heavy atom. The average molecular weight is 200 g/mol. The number of nitrogen functional groups attached to an aromatic ring is 1. The molecular weight excluding hydrogens is 188 g/mol. The second kappa shape index (κ2) is 3.96. The highest BCUT2D eigenvalue weighted by Crippen LogP contribution is 2.23. The van der Waals surface area contributed by atoms with E-state index in [-0.39, 0.29) is 0 Å². The van der Waals surface area contributed by atoms with Gasteiger partial charge in [0, 0.05) is 18.8 Å². The Morgan fingerprint density at radius 2 is 1.93 bits per heavy atom. The van der Waals surface area contributed by atoms with Gasteiger partial charge < -0.3 is 11.1 Å². The number of hydrogen-bond donors (Lipinski definition) is 2. The number of aromatic nitrogens is 2. The highest BCUT2D eigenvalue weighted by molar-refractivity contribution is 5.73. The Kier molecular flexibility index (Phi) is 2.49. The van der Waals surface area contributed by atoms with Gasteiger partial charge in [-0.25, -0.2) is 4.98 Å². The van der Waals surface area contributed by atoms with Crippen molar-refractivity contribution in [3.63, 3.8) is 0 Å². The number of benzene rings is 1. The number of rotatable bonds is 2. The third kappa shape index (κ3) is 1.88. The summed E-state index contributed by atoms with van der Waals surface area (Å²) in [5.41, 5.74) is 7.72. The van der Waals surface area contributed by atoms with Crippen molar-refractivity contribution in [2.75, 3.05) is 18.1 Å². The van der Waals surface area contributed by atoms with Crippen LogP contribution in [0.3, 0.4) is 0 Å². The number of nitrogens with one attached hydrogen (secondary N) is 1. The first kappa shape index (κ1) is 9.45. The fraction of sp³-hybridized carbons (Fsp3) is 0.0909. The molecule has 0 amide bonds. The van der Waals surface area contributed by atoms with Crippen LogP contribution in [0.25, 0.3) is 11.1 Å². The molecule has 0 saturated heterocycles. The molecule has 1 aromatic carbocycles. The Bertz CT molecular complexity index is 453. The van der Waals surface area contributed by atoms with Gasteiger partial charge in [0.2, 0.25) is 5.95 Å². The first-order chi connectivity index (χ1) is 7.31. The molecule has 15 heavy (non-hydrogen) atoms. The van der Waals surface area contributed by atoms with Crippen LogP contribution in [0.2, 0.25) is 0 Å². The van der Waals surface area contributed by atoms with Crippen molar-refractivity contribution in [1.29, 1.82) is 0 Å². The number of nitrogens with two attached hydrogens (primary N) is 1. The van der Waals surface area contributed by atoms with Crippen molar-refractivity contribution in [1.82, 2.24) is 9.97 Å². The zero-order valence-electron chi connectivity index (χ0n) is 8.44. The maximum absolute atomic E-state index is 5.84. The third-order valence-corrected chi connectivity index (χ3v) is 2.13. The summed E-state index contributed by atoms with van der Waals surface area (Å²) >= 11 is 0. The Morgan fingerprint density at radius 3 is 2.53 bits per heavy atom. The molecule has 0 aliphatic rings. The lowest BCUT2D eigenvalue weighted by molar-refractivity contribution is 1.16. The molecule has 0 aliphatic carbocycles. The van der Waals surface area contributed by atoms with E-state index in [1.54, 1.807) is 13.2 Å². The van der Waals surface area contributed by atoms with Gasteiger partial charge in [0.25, 0.3) is 0 Å². The summed E-state index contributed by atoms with van der Waals surface area (Å²) in [6.07, 6.45) is 1.73. The molecule has 0 bridgehead atoms. The molecule has 0 radical (unpaired) electrons. The van der Waals surface area contributed by atoms with Crippen molar-refractivity contribution in [3.8, 4) is 11.1 Å². The van der Waals surface area contributed by atoms with Crippen molar-refractivity contribution in [2.45, 2.75) is 0 Å². The normalized spacial score (nSPS) is 9.93. The van der Waals surface area contributed by atoms with Gasteiger partial charge in [-0.15, -0.1) is 0 Å². The van der Waals surface area contributed by atoms with Crippen molar-refractivity contribution in [3.05, 3.63) is 36.5 Å². The molecule has 0 atom stereocenters. The molecule has 0 spiro atoms. The topological polar surface area (TPSA) is 63.8 Å². The van der Waals surface area contributed by atoms with Gasteiger partial charge in [0.1, 0.15) is 5.82 Å². The van der Waals surface area contributed by atoms with E-state index in [0.29, 0.717) is 11.8 Å². The summed E-state index contributed by atoms with van der Waals surface area (Å²) in [5, 5.41) is 2.84. The van der Waals surface area contributed by atoms with E-state index in [9.17, 15) is 0 Å². The molecule has 2 rings (SSSR count). The zero-order chi connectivity index (χ0) is 10.7. The van der Waals surface area contributed by atoms with E-state index < -0.39 is 0 Å². The van der Waals surface area contributed by atoms with E-state index in [1.165, 1.54) is 0 Å². The quantitative estimate of drug-likeness (QED) is 0.775. The summed E-state index contributed by atoms with van der Waals surface area (Å²) in [4.78, 5) is 8.26. The standard InChI is InChI=1S/C11H12N4/c1-13-11-14-7-9(10(12)15-11)8-5-3-2-4-6-8/h2-7H,1H3,(H3,12,13,14,15). The Balaban J connectivity index is 2.46. The summed E-state index contributed by atoms with van der Waals surface area (Å²) in [6, 6.07) is 9.84. The van der Waals surface area contributed by atoms with Gasteiger partial charge in [0.05, 0.1) is 0 Å². The number of hydrogen-bond acceptors (Lipinski definition) is 4. The van der Waals surface area contributed by atoms with E-state index >= 15 is 0 Å². The van der Waals surface area contributed by atoms with Crippen LogP contribution in [-0.2, 0) is 0 Å². The minimum Gasteiger partial charge on any atom is -0.383 e. The number of anilines is 2. The molecule has 2 aromatic rings. The van der Waals surface area contributed by atoms with E-state index in [0.717, 1.165) is 11.1 Å². The van der Waals surface area contributed by atoms with Crippen LogP contribution in [0.15, 0.2) is 36.5 Å². The van der Waals surface area contributed by atoms with Gasteiger partial charge in [-0.05, 0) is 5.56 Å². The zero-order valence-corrected chi connectivity index (χ0v) is 8.44. The predicted molar refractivity (Wildman–Crippen MR) is 61.4 cm³/mol. The van der Waals surface area contributed by atoms with Crippen LogP contribution in [0.4, 0.5) is 11.8 Å². The molecule has 1 aromatic heterocycles. The smallest absolute Gasteiger partial charge is 0.224 e. The fourth-order valence-corrected chi connectivity index (χ4v) is 1.36. The predicted octanol–water partition coefficient (Wildman–Crippen LogP) is 1.77. The van der Waals surface area contributed by atoms with Crippen LogP contribution in [0.1, 0.15) is 0 Å². The molecule has 1 heterocycles. The molecule has 4 heteroatoms. The van der Waals surface area contributed by atoms with E-state index in [4.69, 9.17) is 5.73 Å². The van der Waals surface area contributed by atoms with Crippen LogP contribution in [-0.4, -0.2) is 17.0 Å². The molecule has 0 fully saturated rings. The van der Waals surface area contributed by atoms with E-state index in [1.807, 2.05) is 30.3 Å². The third-order valence-electron chi connectivity index (χ3n) is 2.13. The fourth-order valence-electron chi connectivity index (χ4n) is 1.36. The summed E-state index contributed by atoms with van der Waals surface area (Å²) in [6.45, 7) is 0. The Hall–Kier alpha value is -2.10. The maximum atomic E-state index is 5.84. The lowest BCUT2D eigenvalue weighted by Crippen LogP contribution is -2.01. The highest BCUT2D eigenvalue weighted by Gasteiger charge is 2.04.